The molecule has 1 aromatic carbocycles. The Morgan fingerprint density at radius 3 is 2.63 bits per heavy atom. The molecule has 9 heteroatoms. The van der Waals surface area contributed by atoms with E-state index in [-0.39, 0.29) is 27.9 Å². The quantitative estimate of drug-likeness (QED) is 0.686. The van der Waals surface area contributed by atoms with Crippen molar-refractivity contribution in [3.05, 3.63) is 45.1 Å². The Hall–Kier alpha value is -1.74. The first kappa shape index (κ1) is 20.0. The van der Waals surface area contributed by atoms with Crippen molar-refractivity contribution in [2.24, 2.45) is 5.92 Å². The van der Waals surface area contributed by atoms with E-state index in [1.54, 1.807) is 11.4 Å². The smallest absolute Gasteiger partial charge is 0.266 e. The van der Waals surface area contributed by atoms with E-state index in [0.717, 1.165) is 4.90 Å². The van der Waals surface area contributed by atoms with Gasteiger partial charge in [-0.3, -0.25) is 9.59 Å². The number of sulfonamides is 1. The first-order chi connectivity index (χ1) is 12.6. The average Bonchev–Trinajstić information content (AvgIpc) is 3.04. The summed E-state index contributed by atoms with van der Waals surface area (Å²) in [7, 11) is -2.27. The van der Waals surface area contributed by atoms with E-state index in [1.165, 1.54) is 40.9 Å². The maximum absolute atomic E-state index is 12.8. The van der Waals surface area contributed by atoms with Gasteiger partial charge in [0, 0.05) is 18.5 Å². The zero-order valence-electron chi connectivity index (χ0n) is 15.1. The van der Waals surface area contributed by atoms with Gasteiger partial charge in [0.25, 0.3) is 5.91 Å². The zero-order chi connectivity index (χ0) is 19.9. The van der Waals surface area contributed by atoms with Crippen molar-refractivity contribution in [3.63, 3.8) is 0 Å². The summed E-state index contributed by atoms with van der Waals surface area (Å²) in [6, 6.07) is 5.73. The molecule has 3 rings (SSSR count). The van der Waals surface area contributed by atoms with E-state index in [2.05, 4.69) is 0 Å². The number of hydrogen-bond acceptors (Lipinski definition) is 5. The Morgan fingerprint density at radius 2 is 1.96 bits per heavy atom. The van der Waals surface area contributed by atoms with Gasteiger partial charge in [-0.05, 0) is 35.6 Å². The first-order valence-corrected chi connectivity index (χ1v) is 11.0. The molecule has 2 heterocycles. The Morgan fingerprint density at radius 1 is 1.26 bits per heavy atom. The van der Waals surface area contributed by atoms with E-state index in [4.69, 9.17) is 11.6 Å². The molecule has 6 nitrogen and oxygen atoms in total. The van der Waals surface area contributed by atoms with Crippen LogP contribution in [0.4, 0.5) is 5.69 Å². The van der Waals surface area contributed by atoms with Crippen molar-refractivity contribution in [1.29, 1.82) is 0 Å². The van der Waals surface area contributed by atoms with Crippen LogP contribution in [0.2, 0.25) is 5.02 Å². The Labute approximate surface area is 167 Å². The molecule has 0 bridgehead atoms. The molecule has 2 aromatic rings. The molecule has 1 aliphatic heterocycles. The molecule has 0 saturated heterocycles. The van der Waals surface area contributed by atoms with Crippen LogP contribution in [0, 0.1) is 5.92 Å². The molecule has 0 aliphatic carbocycles. The summed E-state index contributed by atoms with van der Waals surface area (Å²) < 4.78 is 26.9. The number of imide groups is 1. The zero-order valence-corrected chi connectivity index (χ0v) is 17.5. The number of nitrogens with zero attached hydrogens (tertiary/aromatic N) is 2. The summed E-state index contributed by atoms with van der Waals surface area (Å²) in [6.07, 6.45) is 0.0826. The number of halogens is 1. The van der Waals surface area contributed by atoms with Crippen molar-refractivity contribution in [1.82, 2.24) is 4.31 Å². The van der Waals surface area contributed by atoms with Crippen LogP contribution in [0.3, 0.4) is 0 Å². The van der Waals surface area contributed by atoms with Gasteiger partial charge in [-0.25, -0.2) is 17.6 Å². The van der Waals surface area contributed by atoms with Gasteiger partial charge in [-0.2, -0.15) is 0 Å². The summed E-state index contributed by atoms with van der Waals surface area (Å²) in [5.41, 5.74) is 0.531. The number of carbonyl (C=O) groups excluding carboxylic acids is 2. The lowest BCUT2D eigenvalue weighted by atomic mass is 10.1. The highest BCUT2D eigenvalue weighted by atomic mass is 35.5. The predicted octanol–water partition coefficient (Wildman–Crippen LogP) is 3.41. The minimum atomic E-state index is -3.77. The van der Waals surface area contributed by atoms with Crippen molar-refractivity contribution in [2.45, 2.75) is 25.2 Å². The second-order valence-corrected chi connectivity index (χ2v) is 10.2. The van der Waals surface area contributed by atoms with Gasteiger partial charge in [0.15, 0.2) is 0 Å². The molecule has 144 valence electrons. The average molecular weight is 427 g/mol. The number of carbonyl (C=O) groups is 2. The molecule has 0 atom stereocenters. The van der Waals surface area contributed by atoms with Gasteiger partial charge in [-0.1, -0.05) is 25.4 Å². The van der Waals surface area contributed by atoms with Gasteiger partial charge in [0.2, 0.25) is 15.9 Å². The topological polar surface area (TPSA) is 74.8 Å². The van der Waals surface area contributed by atoms with Crippen LogP contribution >= 0.6 is 22.9 Å². The van der Waals surface area contributed by atoms with Crippen LogP contribution in [-0.2, 0) is 21.2 Å². The third-order valence-corrected chi connectivity index (χ3v) is 7.29. The fourth-order valence-corrected chi connectivity index (χ4v) is 5.39. The fourth-order valence-electron chi connectivity index (χ4n) is 2.98. The molecule has 0 saturated carbocycles. The van der Waals surface area contributed by atoms with Crippen LogP contribution in [0.5, 0.6) is 0 Å². The summed E-state index contributed by atoms with van der Waals surface area (Å²) in [6.45, 7) is 4.19. The van der Waals surface area contributed by atoms with Crippen LogP contribution in [0.15, 0.2) is 34.5 Å². The number of amides is 2. The number of thiophene rings is 1. The van der Waals surface area contributed by atoms with Crippen LogP contribution in [-0.4, -0.2) is 38.1 Å². The molecule has 0 unspecified atom stereocenters. The van der Waals surface area contributed by atoms with Crippen molar-refractivity contribution < 1.29 is 18.0 Å². The highest BCUT2D eigenvalue weighted by molar-refractivity contribution is 7.89. The maximum Gasteiger partial charge on any atom is 0.266 e. The molecule has 1 aliphatic rings. The van der Waals surface area contributed by atoms with E-state index < -0.39 is 21.8 Å². The number of anilines is 1. The van der Waals surface area contributed by atoms with Crippen LogP contribution in [0.1, 0.15) is 29.1 Å². The van der Waals surface area contributed by atoms with E-state index in [9.17, 15) is 18.0 Å². The third kappa shape index (κ3) is 3.67. The second kappa shape index (κ2) is 7.35. The fraction of sp³-hybridized carbons (Fsp3) is 0.333. The first-order valence-electron chi connectivity index (χ1n) is 8.32. The summed E-state index contributed by atoms with van der Waals surface area (Å²) >= 11 is 7.57. The molecular weight excluding hydrogens is 408 g/mol. The second-order valence-electron chi connectivity index (χ2n) is 6.76. The van der Waals surface area contributed by atoms with Crippen molar-refractivity contribution >= 4 is 50.5 Å². The number of rotatable bonds is 5. The largest absolute Gasteiger partial charge is 0.274 e. The van der Waals surface area contributed by atoms with E-state index in [1.807, 2.05) is 13.8 Å². The minimum absolute atomic E-state index is 0.0123. The number of hydrogen-bond donors (Lipinski definition) is 0. The highest BCUT2D eigenvalue weighted by Crippen LogP contribution is 2.35. The Balaban J connectivity index is 2.04. The lowest BCUT2D eigenvalue weighted by Crippen LogP contribution is -2.42. The summed E-state index contributed by atoms with van der Waals surface area (Å²) in [4.78, 5) is 27.0. The van der Waals surface area contributed by atoms with Crippen molar-refractivity contribution in [3.8, 4) is 0 Å². The SMILES string of the molecule is CC(C)CN(C)S(=O)(=O)c1ccc(Cl)c(N2C(=O)Cc3sccc3C2=O)c1. The molecule has 0 radical (unpaired) electrons. The monoisotopic (exact) mass is 426 g/mol. The van der Waals surface area contributed by atoms with Crippen LogP contribution in [0.25, 0.3) is 0 Å². The minimum Gasteiger partial charge on any atom is -0.274 e. The molecule has 0 N–H and O–H groups in total. The summed E-state index contributed by atoms with van der Waals surface area (Å²) in [5.74, 6) is -0.768. The Bertz CT molecular complexity index is 1010. The lowest BCUT2D eigenvalue weighted by Gasteiger charge is -2.26. The van der Waals surface area contributed by atoms with Gasteiger partial charge >= 0.3 is 0 Å². The highest BCUT2D eigenvalue weighted by Gasteiger charge is 2.35. The van der Waals surface area contributed by atoms with Gasteiger partial charge < -0.3 is 0 Å². The molecule has 0 spiro atoms. The molecule has 27 heavy (non-hydrogen) atoms. The Kier molecular flexibility index (Phi) is 5.45. The van der Waals surface area contributed by atoms with Crippen molar-refractivity contribution in [2.75, 3.05) is 18.5 Å². The standard InChI is InChI=1S/C18H19ClN2O4S2/c1-11(2)10-20(3)27(24,25)12-4-5-14(19)15(8-12)21-17(22)9-16-13(18(21)23)6-7-26-16/h4-8,11H,9-10H2,1-3H3. The summed E-state index contributed by atoms with van der Waals surface area (Å²) in [5, 5.41) is 1.89. The molecular formula is C18H19ClN2O4S2. The normalized spacial score (nSPS) is 15.0. The number of fused-ring (bicyclic) bond motifs is 1. The number of benzene rings is 1. The van der Waals surface area contributed by atoms with Crippen LogP contribution < -0.4 is 4.90 Å². The van der Waals surface area contributed by atoms with E-state index in [0.29, 0.717) is 17.0 Å². The van der Waals surface area contributed by atoms with Gasteiger partial charge in [0.1, 0.15) is 0 Å². The third-order valence-electron chi connectivity index (χ3n) is 4.23. The molecule has 0 fully saturated rings. The lowest BCUT2D eigenvalue weighted by molar-refractivity contribution is -0.117. The van der Waals surface area contributed by atoms with E-state index >= 15 is 0 Å². The molecule has 2 amide bonds. The van der Waals surface area contributed by atoms with Gasteiger partial charge in [-0.15, -0.1) is 11.3 Å². The maximum atomic E-state index is 12.8. The molecule has 1 aromatic heterocycles. The van der Waals surface area contributed by atoms with Gasteiger partial charge in [0.05, 0.1) is 27.6 Å². The predicted molar refractivity (Wildman–Crippen MR) is 106 cm³/mol.